The molecule has 0 spiro atoms. The molecule has 1 atom stereocenters. The van der Waals surface area contributed by atoms with Gasteiger partial charge in [0, 0.05) is 34.6 Å². The molecule has 41 heavy (non-hydrogen) atoms. The summed E-state index contributed by atoms with van der Waals surface area (Å²) >= 11 is 6.22. The molecule has 4 rings (SSSR count). The lowest BCUT2D eigenvalue weighted by Gasteiger charge is -2.25. The van der Waals surface area contributed by atoms with Gasteiger partial charge < -0.3 is 14.8 Å². The summed E-state index contributed by atoms with van der Waals surface area (Å²) < 4.78 is 83.9. The molecule has 4 aromatic rings. The number of sulfonamides is 1. The lowest BCUT2D eigenvalue weighted by molar-refractivity contribution is 0.391. The molecule has 1 aromatic heterocycles. The molecule has 0 saturated carbocycles. The van der Waals surface area contributed by atoms with Crippen molar-refractivity contribution in [1.29, 1.82) is 0 Å². The highest BCUT2D eigenvalue weighted by Crippen LogP contribution is 2.34. The van der Waals surface area contributed by atoms with Crippen LogP contribution in [0.1, 0.15) is 30.5 Å². The molecule has 1 heterocycles. The number of methoxy groups -OCH3 is 2. The number of hydrogen-bond donors (Lipinski definition) is 1. The molecule has 0 fully saturated rings. The smallest absolute Gasteiger partial charge is 0.271 e. The SMILES string of the molecule is CC[C@H](Nc1cc(F)c(S(=O)(=O)N(Cc2ccc(OC)cc2OC)c2ccncn2)c(F)c1)c1cc(F)ccc1Cl. The second kappa shape index (κ2) is 12.6. The van der Waals surface area contributed by atoms with Crippen molar-refractivity contribution in [3.05, 3.63) is 101 Å². The summed E-state index contributed by atoms with van der Waals surface area (Å²) in [5, 5.41) is 3.18. The molecular weight excluding hydrogens is 581 g/mol. The molecule has 8 nitrogen and oxygen atoms in total. The fourth-order valence-corrected chi connectivity index (χ4v) is 5.98. The van der Waals surface area contributed by atoms with Gasteiger partial charge in [0.1, 0.15) is 41.1 Å². The summed E-state index contributed by atoms with van der Waals surface area (Å²) in [6.07, 6.45) is 2.81. The van der Waals surface area contributed by atoms with Gasteiger partial charge in [-0.25, -0.2) is 35.9 Å². The Bertz CT molecular complexity index is 1620. The zero-order valence-corrected chi connectivity index (χ0v) is 23.8. The molecule has 3 aromatic carbocycles. The van der Waals surface area contributed by atoms with Gasteiger partial charge >= 0.3 is 0 Å². The Hall–Kier alpha value is -4.03. The molecule has 0 aliphatic carbocycles. The van der Waals surface area contributed by atoms with E-state index in [2.05, 4.69) is 15.3 Å². The fourth-order valence-electron chi connectivity index (χ4n) is 4.24. The minimum absolute atomic E-state index is 0.0588. The number of benzene rings is 3. The highest BCUT2D eigenvalue weighted by molar-refractivity contribution is 7.92. The first-order valence-corrected chi connectivity index (χ1v) is 14.1. The first kappa shape index (κ1) is 29.9. The van der Waals surface area contributed by atoms with Crippen molar-refractivity contribution in [3.8, 4) is 11.5 Å². The minimum atomic E-state index is -4.86. The van der Waals surface area contributed by atoms with E-state index in [0.717, 1.165) is 22.8 Å². The molecule has 0 aliphatic rings. The van der Waals surface area contributed by atoms with Crippen molar-refractivity contribution in [1.82, 2.24) is 9.97 Å². The van der Waals surface area contributed by atoms with Crippen LogP contribution in [0, 0.1) is 17.5 Å². The van der Waals surface area contributed by atoms with E-state index in [0.29, 0.717) is 29.0 Å². The van der Waals surface area contributed by atoms with E-state index in [1.807, 2.05) is 0 Å². The summed E-state index contributed by atoms with van der Waals surface area (Å²) in [7, 11) is -2.00. The van der Waals surface area contributed by atoms with E-state index in [-0.39, 0.29) is 23.1 Å². The average molecular weight is 607 g/mol. The summed E-state index contributed by atoms with van der Waals surface area (Å²) in [5.74, 6) is -2.57. The largest absolute Gasteiger partial charge is 0.497 e. The molecule has 0 bridgehead atoms. The first-order chi connectivity index (χ1) is 19.6. The van der Waals surface area contributed by atoms with Gasteiger partial charge in [0.2, 0.25) is 0 Å². The van der Waals surface area contributed by atoms with Crippen LogP contribution in [0.4, 0.5) is 24.7 Å². The van der Waals surface area contributed by atoms with Gasteiger partial charge in [-0.05, 0) is 54.4 Å². The first-order valence-electron chi connectivity index (χ1n) is 12.3. The average Bonchev–Trinajstić information content (AvgIpc) is 2.95. The van der Waals surface area contributed by atoms with E-state index in [4.69, 9.17) is 21.1 Å². The lowest BCUT2D eigenvalue weighted by Crippen LogP contribution is -2.33. The monoisotopic (exact) mass is 606 g/mol. The van der Waals surface area contributed by atoms with Gasteiger partial charge in [0.05, 0.1) is 26.8 Å². The molecule has 0 amide bonds. The molecule has 1 N–H and O–H groups in total. The van der Waals surface area contributed by atoms with Crippen LogP contribution in [0.25, 0.3) is 0 Å². The van der Waals surface area contributed by atoms with Crippen molar-refractivity contribution in [2.24, 2.45) is 0 Å². The van der Waals surface area contributed by atoms with Crippen molar-refractivity contribution in [3.63, 3.8) is 0 Å². The number of nitrogens with zero attached hydrogens (tertiary/aromatic N) is 3. The fraction of sp³-hybridized carbons (Fsp3) is 0.214. The van der Waals surface area contributed by atoms with Crippen molar-refractivity contribution in [2.75, 3.05) is 23.8 Å². The molecule has 13 heteroatoms. The summed E-state index contributed by atoms with van der Waals surface area (Å²) in [4.78, 5) is 6.63. The second-order valence-corrected chi connectivity index (χ2v) is 11.0. The third-order valence-corrected chi connectivity index (χ3v) is 8.41. The lowest BCUT2D eigenvalue weighted by atomic mass is 10.0. The van der Waals surface area contributed by atoms with Gasteiger partial charge in [-0.1, -0.05) is 18.5 Å². The van der Waals surface area contributed by atoms with Gasteiger partial charge in [0.15, 0.2) is 4.90 Å². The van der Waals surface area contributed by atoms with Gasteiger partial charge in [0.25, 0.3) is 10.0 Å². The third kappa shape index (κ3) is 6.49. The van der Waals surface area contributed by atoms with Crippen LogP contribution in [-0.2, 0) is 16.6 Å². The summed E-state index contributed by atoms with van der Waals surface area (Å²) in [6, 6.07) is 10.9. The van der Waals surface area contributed by atoms with E-state index in [9.17, 15) is 12.8 Å². The molecule has 216 valence electrons. The van der Waals surface area contributed by atoms with Crippen LogP contribution in [-0.4, -0.2) is 32.6 Å². The maximum absolute atomic E-state index is 15.5. The van der Waals surface area contributed by atoms with Crippen molar-refractivity contribution in [2.45, 2.75) is 30.8 Å². The van der Waals surface area contributed by atoms with Crippen LogP contribution in [0.5, 0.6) is 11.5 Å². The van der Waals surface area contributed by atoms with E-state index < -0.39 is 38.4 Å². The van der Waals surface area contributed by atoms with Crippen LogP contribution in [0.15, 0.2) is 72.0 Å². The topological polar surface area (TPSA) is 93.7 Å². The molecular formula is C28H26ClF3N4O4S. The number of anilines is 2. The van der Waals surface area contributed by atoms with Crippen LogP contribution in [0.3, 0.4) is 0 Å². The normalized spacial score (nSPS) is 12.1. The van der Waals surface area contributed by atoms with E-state index in [1.165, 1.54) is 44.7 Å². The Morgan fingerprint density at radius 2 is 1.73 bits per heavy atom. The number of nitrogens with one attached hydrogen (secondary N) is 1. The summed E-state index contributed by atoms with van der Waals surface area (Å²) in [5.41, 5.74) is 0.707. The maximum Gasteiger partial charge on any atom is 0.271 e. The molecule has 0 saturated heterocycles. The molecule has 0 unspecified atom stereocenters. The van der Waals surface area contributed by atoms with Crippen LogP contribution < -0.4 is 19.1 Å². The number of rotatable bonds is 11. The highest BCUT2D eigenvalue weighted by Gasteiger charge is 2.33. The van der Waals surface area contributed by atoms with Gasteiger partial charge in [-0.3, -0.25) is 0 Å². The van der Waals surface area contributed by atoms with Gasteiger partial charge in [-0.2, -0.15) is 0 Å². The Morgan fingerprint density at radius 3 is 2.34 bits per heavy atom. The zero-order valence-electron chi connectivity index (χ0n) is 22.2. The van der Waals surface area contributed by atoms with E-state index in [1.54, 1.807) is 25.1 Å². The predicted octanol–water partition coefficient (Wildman–Crippen LogP) is 6.52. The Kier molecular flexibility index (Phi) is 9.24. The van der Waals surface area contributed by atoms with Crippen LogP contribution >= 0.6 is 11.6 Å². The summed E-state index contributed by atoms with van der Waals surface area (Å²) in [6.45, 7) is 1.40. The van der Waals surface area contributed by atoms with Crippen LogP contribution in [0.2, 0.25) is 5.02 Å². The second-order valence-electron chi connectivity index (χ2n) is 8.80. The zero-order chi connectivity index (χ0) is 29.7. The van der Waals surface area contributed by atoms with E-state index >= 15 is 8.78 Å². The highest BCUT2D eigenvalue weighted by atomic mass is 35.5. The third-order valence-electron chi connectivity index (χ3n) is 6.26. The standard InChI is InChI=1S/C28H26ClF3N4O4S/c1-4-25(21-11-18(30)6-8-22(21)29)35-19-12-23(31)28(24(32)13-19)41(37,38)36(27-9-10-33-16-34-27)15-17-5-7-20(39-2)14-26(17)40-3/h5-14,16,25,35H,4,15H2,1-3H3/t25-/m0/s1. The quantitative estimate of drug-likeness (QED) is 0.208. The number of ether oxygens (including phenoxy) is 2. The number of halogens is 4. The molecule has 0 aliphatic heterocycles. The Morgan fingerprint density at radius 1 is 1.00 bits per heavy atom. The number of hydrogen-bond acceptors (Lipinski definition) is 7. The molecule has 0 radical (unpaired) electrons. The van der Waals surface area contributed by atoms with Crippen molar-refractivity contribution >= 4 is 33.1 Å². The Labute approximate surface area is 240 Å². The van der Waals surface area contributed by atoms with Crippen molar-refractivity contribution < 1.29 is 31.1 Å². The predicted molar refractivity (Wildman–Crippen MR) is 149 cm³/mol. The maximum atomic E-state index is 15.5. The minimum Gasteiger partial charge on any atom is -0.497 e. The van der Waals surface area contributed by atoms with Gasteiger partial charge in [-0.15, -0.1) is 0 Å². The number of aromatic nitrogens is 2. The Balaban J connectivity index is 1.74.